The third-order valence-electron chi connectivity index (χ3n) is 3.08. The number of amides is 2. The van der Waals surface area contributed by atoms with Crippen LogP contribution in [0.4, 0.5) is 5.69 Å². The van der Waals surface area contributed by atoms with Crippen LogP contribution >= 0.6 is 0 Å². The molecule has 0 unspecified atom stereocenters. The van der Waals surface area contributed by atoms with E-state index in [4.69, 9.17) is 4.42 Å². The van der Waals surface area contributed by atoms with Gasteiger partial charge < -0.3 is 19.7 Å². The number of rotatable bonds is 5. The van der Waals surface area contributed by atoms with E-state index in [1.807, 2.05) is 0 Å². The summed E-state index contributed by atoms with van der Waals surface area (Å²) in [7, 11) is 1.62. The minimum Gasteiger partial charge on any atom is -0.459 e. The Morgan fingerprint density at radius 1 is 1.26 bits per heavy atom. The number of nitrogens with one attached hydrogen (secondary N) is 1. The van der Waals surface area contributed by atoms with E-state index in [-0.39, 0.29) is 24.1 Å². The van der Waals surface area contributed by atoms with Gasteiger partial charge in [-0.3, -0.25) is 9.59 Å². The van der Waals surface area contributed by atoms with E-state index in [1.54, 1.807) is 57.3 Å². The van der Waals surface area contributed by atoms with Crippen molar-refractivity contribution in [3.63, 3.8) is 0 Å². The summed E-state index contributed by atoms with van der Waals surface area (Å²) in [6.45, 7) is 3.47. The number of likely N-dealkylation sites (N-methyl/N-ethyl adjacent to an activating group) is 1. The third kappa shape index (κ3) is 4.69. The van der Waals surface area contributed by atoms with Crippen LogP contribution in [0.5, 0.6) is 0 Å². The summed E-state index contributed by atoms with van der Waals surface area (Å²) in [4.78, 5) is 25.8. The average Bonchev–Trinajstić information content (AvgIpc) is 2.99. The van der Waals surface area contributed by atoms with Gasteiger partial charge in [0.1, 0.15) is 0 Å². The van der Waals surface area contributed by atoms with Crippen molar-refractivity contribution < 1.29 is 19.1 Å². The Morgan fingerprint density at radius 2 is 2.00 bits per heavy atom. The van der Waals surface area contributed by atoms with Crippen molar-refractivity contribution in [1.29, 1.82) is 0 Å². The second-order valence-electron chi connectivity index (χ2n) is 5.99. The van der Waals surface area contributed by atoms with Crippen molar-refractivity contribution in [1.82, 2.24) is 4.90 Å². The second kappa shape index (κ2) is 6.66. The van der Waals surface area contributed by atoms with E-state index in [0.29, 0.717) is 11.3 Å². The molecule has 1 heterocycles. The van der Waals surface area contributed by atoms with Crippen LogP contribution in [-0.4, -0.2) is 41.0 Å². The first-order valence-electron chi connectivity index (χ1n) is 7.19. The van der Waals surface area contributed by atoms with Crippen molar-refractivity contribution >= 4 is 17.5 Å². The van der Waals surface area contributed by atoms with Gasteiger partial charge in [-0.15, -0.1) is 0 Å². The molecule has 1 aromatic heterocycles. The zero-order valence-corrected chi connectivity index (χ0v) is 13.4. The number of anilines is 1. The Labute approximate surface area is 134 Å². The number of hydrogen-bond donors (Lipinski definition) is 2. The van der Waals surface area contributed by atoms with Gasteiger partial charge in [-0.25, -0.2) is 0 Å². The van der Waals surface area contributed by atoms with Gasteiger partial charge >= 0.3 is 0 Å². The smallest absolute Gasteiger partial charge is 0.291 e. The van der Waals surface area contributed by atoms with Crippen LogP contribution in [0.3, 0.4) is 0 Å². The first-order chi connectivity index (χ1) is 10.8. The fourth-order valence-electron chi connectivity index (χ4n) is 2.20. The first kappa shape index (κ1) is 16.8. The molecule has 1 aromatic carbocycles. The largest absolute Gasteiger partial charge is 0.459 e. The summed E-state index contributed by atoms with van der Waals surface area (Å²) in [5.74, 6) is -0.424. The fraction of sp³-hybridized carbons (Fsp3) is 0.294. The van der Waals surface area contributed by atoms with Crippen LogP contribution in [-0.2, 0) is 0 Å². The Morgan fingerprint density at radius 3 is 2.61 bits per heavy atom. The topological polar surface area (TPSA) is 82.8 Å². The highest BCUT2D eigenvalue weighted by atomic mass is 16.3. The van der Waals surface area contributed by atoms with Crippen molar-refractivity contribution in [3.05, 3.63) is 54.0 Å². The van der Waals surface area contributed by atoms with Crippen LogP contribution < -0.4 is 5.32 Å². The van der Waals surface area contributed by atoms with Gasteiger partial charge in [-0.05, 0) is 44.2 Å². The van der Waals surface area contributed by atoms with Crippen molar-refractivity contribution in [2.24, 2.45) is 0 Å². The highest BCUT2D eigenvalue weighted by Gasteiger charge is 2.20. The van der Waals surface area contributed by atoms with Gasteiger partial charge in [0, 0.05) is 24.8 Å². The maximum Gasteiger partial charge on any atom is 0.291 e. The molecule has 122 valence electrons. The number of carbonyl (C=O) groups is 2. The molecule has 6 nitrogen and oxygen atoms in total. The molecule has 0 fully saturated rings. The average molecular weight is 316 g/mol. The molecule has 2 amide bonds. The normalized spacial score (nSPS) is 11.1. The summed E-state index contributed by atoms with van der Waals surface area (Å²) >= 11 is 0. The molecule has 0 spiro atoms. The SMILES string of the molecule is CN(CC(C)(C)O)C(=O)c1cccc(NC(=O)c2ccco2)c1. The molecular formula is C17H20N2O4. The van der Waals surface area contributed by atoms with Crippen LogP contribution in [0.1, 0.15) is 34.8 Å². The van der Waals surface area contributed by atoms with E-state index < -0.39 is 5.60 Å². The molecule has 0 aliphatic carbocycles. The lowest BCUT2D eigenvalue weighted by molar-refractivity contribution is 0.0368. The minimum atomic E-state index is -0.977. The molecule has 0 radical (unpaired) electrons. The lowest BCUT2D eigenvalue weighted by atomic mass is 10.1. The van der Waals surface area contributed by atoms with Gasteiger partial charge in [0.15, 0.2) is 5.76 Å². The summed E-state index contributed by atoms with van der Waals surface area (Å²) in [5.41, 5.74) is -0.0573. The Hall–Kier alpha value is -2.60. The molecule has 0 atom stereocenters. The van der Waals surface area contributed by atoms with E-state index in [2.05, 4.69) is 5.32 Å². The molecule has 0 aliphatic rings. The highest BCUT2D eigenvalue weighted by Crippen LogP contribution is 2.15. The van der Waals surface area contributed by atoms with Crippen LogP contribution in [0.15, 0.2) is 47.1 Å². The molecule has 0 bridgehead atoms. The van der Waals surface area contributed by atoms with Gasteiger partial charge in [0.2, 0.25) is 0 Å². The molecule has 0 aliphatic heterocycles. The molecule has 23 heavy (non-hydrogen) atoms. The number of benzene rings is 1. The standard InChI is InChI=1S/C17H20N2O4/c1-17(2,22)11-19(3)16(21)12-6-4-7-13(10-12)18-15(20)14-8-5-9-23-14/h4-10,22H,11H2,1-3H3,(H,18,20). The zero-order valence-electron chi connectivity index (χ0n) is 13.4. The number of carbonyl (C=O) groups excluding carboxylic acids is 2. The third-order valence-corrected chi connectivity index (χ3v) is 3.08. The number of nitrogens with zero attached hydrogens (tertiary/aromatic N) is 1. The highest BCUT2D eigenvalue weighted by molar-refractivity contribution is 6.03. The molecular weight excluding hydrogens is 296 g/mol. The first-order valence-corrected chi connectivity index (χ1v) is 7.19. The van der Waals surface area contributed by atoms with Gasteiger partial charge in [0.25, 0.3) is 11.8 Å². The van der Waals surface area contributed by atoms with Crippen molar-refractivity contribution in [2.45, 2.75) is 19.4 Å². The van der Waals surface area contributed by atoms with Crippen LogP contribution in [0, 0.1) is 0 Å². The number of aliphatic hydroxyl groups is 1. The molecule has 0 saturated heterocycles. The maximum absolute atomic E-state index is 12.4. The number of hydrogen-bond acceptors (Lipinski definition) is 4. The predicted octanol–water partition coefficient (Wildman–Crippen LogP) is 2.37. The molecule has 2 aromatic rings. The summed E-state index contributed by atoms with van der Waals surface area (Å²) in [6.07, 6.45) is 1.42. The van der Waals surface area contributed by atoms with E-state index >= 15 is 0 Å². The van der Waals surface area contributed by atoms with Gasteiger partial charge in [0.05, 0.1) is 11.9 Å². The van der Waals surface area contributed by atoms with Crippen molar-refractivity contribution in [2.75, 3.05) is 18.9 Å². The quantitative estimate of drug-likeness (QED) is 0.887. The second-order valence-corrected chi connectivity index (χ2v) is 5.99. The number of furan rings is 1. The van der Waals surface area contributed by atoms with Crippen LogP contribution in [0.2, 0.25) is 0 Å². The predicted molar refractivity (Wildman–Crippen MR) is 86.4 cm³/mol. The van der Waals surface area contributed by atoms with Gasteiger partial charge in [-0.2, -0.15) is 0 Å². The lowest BCUT2D eigenvalue weighted by Gasteiger charge is -2.25. The van der Waals surface area contributed by atoms with E-state index in [0.717, 1.165) is 0 Å². The van der Waals surface area contributed by atoms with Gasteiger partial charge in [-0.1, -0.05) is 6.07 Å². The lowest BCUT2D eigenvalue weighted by Crippen LogP contribution is -2.39. The van der Waals surface area contributed by atoms with Crippen molar-refractivity contribution in [3.8, 4) is 0 Å². The molecule has 0 saturated carbocycles. The van der Waals surface area contributed by atoms with Crippen LogP contribution in [0.25, 0.3) is 0 Å². The van der Waals surface area contributed by atoms with E-state index in [1.165, 1.54) is 11.2 Å². The molecule has 2 rings (SSSR count). The monoisotopic (exact) mass is 316 g/mol. The van der Waals surface area contributed by atoms with E-state index in [9.17, 15) is 14.7 Å². The molecule has 6 heteroatoms. The summed E-state index contributed by atoms with van der Waals surface area (Å²) in [5, 5.41) is 12.5. The minimum absolute atomic E-state index is 0.195. The Bertz CT molecular complexity index is 687. The maximum atomic E-state index is 12.4. The summed E-state index contributed by atoms with van der Waals surface area (Å²) in [6, 6.07) is 9.80. The Kier molecular flexibility index (Phi) is 4.86. The summed E-state index contributed by atoms with van der Waals surface area (Å²) < 4.78 is 5.02. The zero-order chi connectivity index (χ0) is 17.0. The molecule has 2 N–H and O–H groups in total. The Balaban J connectivity index is 2.10. The fourth-order valence-corrected chi connectivity index (χ4v) is 2.20.